The van der Waals surface area contributed by atoms with E-state index in [0.29, 0.717) is 37.9 Å². The number of nitro groups is 1. The van der Waals surface area contributed by atoms with E-state index in [0.717, 1.165) is 12.8 Å². The summed E-state index contributed by atoms with van der Waals surface area (Å²) in [4.78, 5) is 38.8. The first-order valence-corrected chi connectivity index (χ1v) is 9.74. The number of non-ortho nitro benzene ring substituents is 1. The SMILES string of the molecule is CC(C(=O)NC1CCCC1)N1CCN(c2ccc([N+](=O)[O-])cc2C(N)=O)CC1. The van der Waals surface area contributed by atoms with Gasteiger partial charge in [-0.15, -0.1) is 0 Å². The second-order valence-corrected chi connectivity index (χ2v) is 7.51. The largest absolute Gasteiger partial charge is 0.368 e. The lowest BCUT2D eigenvalue weighted by Crippen LogP contribution is -2.55. The highest BCUT2D eigenvalue weighted by atomic mass is 16.6. The summed E-state index contributed by atoms with van der Waals surface area (Å²) < 4.78 is 0. The van der Waals surface area contributed by atoms with E-state index in [2.05, 4.69) is 10.2 Å². The summed E-state index contributed by atoms with van der Waals surface area (Å²) in [5.74, 6) is -0.626. The number of nitrogens with one attached hydrogen (secondary N) is 1. The van der Waals surface area contributed by atoms with Crippen molar-refractivity contribution < 1.29 is 14.5 Å². The monoisotopic (exact) mass is 389 g/mol. The van der Waals surface area contributed by atoms with Crippen LogP contribution in [0.2, 0.25) is 0 Å². The van der Waals surface area contributed by atoms with Crippen LogP contribution in [0.5, 0.6) is 0 Å². The van der Waals surface area contributed by atoms with Crippen molar-refractivity contribution in [2.24, 2.45) is 5.73 Å². The van der Waals surface area contributed by atoms with Gasteiger partial charge in [-0.2, -0.15) is 0 Å². The summed E-state index contributed by atoms with van der Waals surface area (Å²) in [6, 6.07) is 4.27. The standard InChI is InChI=1S/C19H27N5O4/c1-13(19(26)21-14-4-2-3-5-14)22-8-10-23(11-9-22)17-7-6-15(24(27)28)12-16(17)18(20)25/h6-7,12-14H,2-5,8-11H2,1H3,(H2,20,25)(H,21,26). The number of hydrogen-bond donors (Lipinski definition) is 2. The summed E-state index contributed by atoms with van der Waals surface area (Å²) in [5.41, 5.74) is 6.02. The topological polar surface area (TPSA) is 122 Å². The molecule has 1 aliphatic carbocycles. The molecule has 0 radical (unpaired) electrons. The third kappa shape index (κ3) is 4.41. The van der Waals surface area contributed by atoms with Crippen molar-refractivity contribution in [3.8, 4) is 0 Å². The summed E-state index contributed by atoms with van der Waals surface area (Å²) in [6.07, 6.45) is 4.47. The zero-order chi connectivity index (χ0) is 20.3. The Kier molecular flexibility index (Phi) is 6.13. The molecule has 9 heteroatoms. The lowest BCUT2D eigenvalue weighted by Gasteiger charge is -2.39. The molecule has 0 bridgehead atoms. The van der Waals surface area contributed by atoms with Gasteiger partial charge in [0.15, 0.2) is 0 Å². The molecule has 152 valence electrons. The van der Waals surface area contributed by atoms with Crippen LogP contribution in [-0.4, -0.2) is 59.9 Å². The van der Waals surface area contributed by atoms with Gasteiger partial charge in [-0.05, 0) is 25.8 Å². The van der Waals surface area contributed by atoms with Gasteiger partial charge >= 0.3 is 0 Å². The molecule has 2 aliphatic rings. The van der Waals surface area contributed by atoms with E-state index in [1.807, 2.05) is 11.8 Å². The van der Waals surface area contributed by atoms with Gasteiger partial charge in [0.2, 0.25) is 5.91 Å². The Morgan fingerprint density at radius 2 is 1.86 bits per heavy atom. The molecule has 1 aliphatic heterocycles. The van der Waals surface area contributed by atoms with Crippen molar-refractivity contribution >= 4 is 23.2 Å². The van der Waals surface area contributed by atoms with Crippen molar-refractivity contribution in [3.05, 3.63) is 33.9 Å². The number of nitrogens with two attached hydrogens (primary N) is 1. The number of carbonyl (C=O) groups is 2. The summed E-state index contributed by atoms with van der Waals surface area (Å²) in [5, 5.41) is 14.1. The Balaban J connectivity index is 1.62. The fourth-order valence-electron chi connectivity index (χ4n) is 4.02. The third-order valence-corrected chi connectivity index (χ3v) is 5.74. The van der Waals surface area contributed by atoms with Crippen LogP contribution in [0.15, 0.2) is 18.2 Å². The number of amides is 2. The first-order chi connectivity index (χ1) is 13.4. The van der Waals surface area contributed by atoms with E-state index >= 15 is 0 Å². The number of nitrogens with zero attached hydrogens (tertiary/aromatic N) is 3. The quantitative estimate of drug-likeness (QED) is 0.558. The molecule has 28 heavy (non-hydrogen) atoms. The molecular weight excluding hydrogens is 362 g/mol. The predicted octanol–water partition coefficient (Wildman–Crippen LogP) is 1.26. The highest BCUT2D eigenvalue weighted by Crippen LogP contribution is 2.26. The van der Waals surface area contributed by atoms with Gasteiger partial charge in [-0.1, -0.05) is 12.8 Å². The Hall–Kier alpha value is -2.68. The number of piperazine rings is 1. The molecule has 2 fully saturated rings. The van der Waals surface area contributed by atoms with Crippen LogP contribution in [0.3, 0.4) is 0 Å². The first kappa shape index (κ1) is 20.1. The van der Waals surface area contributed by atoms with E-state index < -0.39 is 10.8 Å². The maximum atomic E-state index is 12.5. The molecular formula is C19H27N5O4. The van der Waals surface area contributed by atoms with Crippen molar-refractivity contribution in [1.29, 1.82) is 0 Å². The van der Waals surface area contributed by atoms with Gasteiger partial charge in [0, 0.05) is 44.4 Å². The van der Waals surface area contributed by atoms with Gasteiger partial charge in [-0.25, -0.2) is 0 Å². The van der Waals surface area contributed by atoms with Gasteiger partial charge in [0.25, 0.3) is 11.6 Å². The summed E-state index contributed by atoms with van der Waals surface area (Å²) in [7, 11) is 0. The molecule has 1 saturated heterocycles. The minimum atomic E-state index is -0.689. The number of primary amides is 1. The van der Waals surface area contributed by atoms with Crippen LogP contribution >= 0.6 is 0 Å². The van der Waals surface area contributed by atoms with E-state index in [1.54, 1.807) is 6.07 Å². The maximum Gasteiger partial charge on any atom is 0.270 e. The third-order valence-electron chi connectivity index (χ3n) is 5.74. The van der Waals surface area contributed by atoms with Crippen LogP contribution in [0.25, 0.3) is 0 Å². The molecule has 1 atom stereocenters. The minimum absolute atomic E-state index is 0.0634. The van der Waals surface area contributed by atoms with Gasteiger partial charge in [0.05, 0.1) is 22.2 Å². The number of anilines is 1. The molecule has 3 rings (SSSR count). The number of nitro benzene ring substituents is 1. The molecule has 1 aromatic rings. The van der Waals surface area contributed by atoms with Crippen molar-refractivity contribution in [3.63, 3.8) is 0 Å². The molecule has 1 unspecified atom stereocenters. The van der Waals surface area contributed by atoms with Crippen molar-refractivity contribution in [1.82, 2.24) is 10.2 Å². The van der Waals surface area contributed by atoms with E-state index in [-0.39, 0.29) is 23.2 Å². The Labute approximate surface area is 164 Å². The molecule has 2 amide bonds. The highest BCUT2D eigenvalue weighted by Gasteiger charge is 2.29. The lowest BCUT2D eigenvalue weighted by atomic mass is 10.1. The second kappa shape index (κ2) is 8.55. The highest BCUT2D eigenvalue weighted by molar-refractivity contribution is 5.99. The number of benzene rings is 1. The van der Waals surface area contributed by atoms with Crippen LogP contribution < -0.4 is 16.0 Å². The average Bonchev–Trinajstić information content (AvgIpc) is 3.20. The summed E-state index contributed by atoms with van der Waals surface area (Å²) in [6.45, 7) is 4.46. The predicted molar refractivity (Wildman–Crippen MR) is 105 cm³/mol. The van der Waals surface area contributed by atoms with E-state index in [9.17, 15) is 19.7 Å². The zero-order valence-electron chi connectivity index (χ0n) is 16.1. The van der Waals surface area contributed by atoms with Crippen LogP contribution in [0.1, 0.15) is 43.0 Å². The fourth-order valence-corrected chi connectivity index (χ4v) is 4.02. The smallest absolute Gasteiger partial charge is 0.270 e. The van der Waals surface area contributed by atoms with Crippen LogP contribution in [0, 0.1) is 10.1 Å². The van der Waals surface area contributed by atoms with Crippen LogP contribution in [0.4, 0.5) is 11.4 Å². The second-order valence-electron chi connectivity index (χ2n) is 7.51. The first-order valence-electron chi connectivity index (χ1n) is 9.74. The number of rotatable bonds is 6. The Bertz CT molecular complexity index is 755. The van der Waals surface area contributed by atoms with Crippen molar-refractivity contribution in [2.45, 2.75) is 44.7 Å². The minimum Gasteiger partial charge on any atom is -0.368 e. The molecule has 1 aromatic carbocycles. The van der Waals surface area contributed by atoms with Gasteiger partial charge in [0.1, 0.15) is 0 Å². The molecule has 1 saturated carbocycles. The zero-order valence-corrected chi connectivity index (χ0v) is 16.1. The Morgan fingerprint density at radius 1 is 1.21 bits per heavy atom. The molecule has 3 N–H and O–H groups in total. The molecule has 9 nitrogen and oxygen atoms in total. The fraction of sp³-hybridized carbons (Fsp3) is 0.579. The van der Waals surface area contributed by atoms with E-state index in [4.69, 9.17) is 5.73 Å². The average molecular weight is 389 g/mol. The summed E-state index contributed by atoms with van der Waals surface area (Å²) >= 11 is 0. The van der Waals surface area contributed by atoms with Crippen LogP contribution in [-0.2, 0) is 4.79 Å². The molecule has 0 spiro atoms. The Morgan fingerprint density at radius 3 is 2.43 bits per heavy atom. The van der Waals surface area contributed by atoms with Crippen molar-refractivity contribution in [2.75, 3.05) is 31.1 Å². The van der Waals surface area contributed by atoms with Gasteiger partial charge in [-0.3, -0.25) is 24.6 Å². The van der Waals surface area contributed by atoms with Gasteiger partial charge < -0.3 is 16.0 Å². The number of hydrogen-bond acceptors (Lipinski definition) is 6. The van der Waals surface area contributed by atoms with E-state index in [1.165, 1.54) is 25.0 Å². The molecule has 1 heterocycles. The normalized spacial score (nSPS) is 19.4. The molecule has 0 aromatic heterocycles. The maximum absolute atomic E-state index is 12.5. The number of carbonyl (C=O) groups excluding carboxylic acids is 2. The lowest BCUT2D eigenvalue weighted by molar-refractivity contribution is -0.384.